The van der Waals surface area contributed by atoms with Gasteiger partial charge in [0.2, 0.25) is 0 Å². The third kappa shape index (κ3) is 6.34. The van der Waals surface area contributed by atoms with E-state index in [0.717, 1.165) is 16.7 Å². The van der Waals surface area contributed by atoms with E-state index in [1.807, 2.05) is 6.07 Å². The summed E-state index contributed by atoms with van der Waals surface area (Å²) in [7, 11) is 2.98. The molecule has 0 aromatic heterocycles. The first-order chi connectivity index (χ1) is 17.9. The summed E-state index contributed by atoms with van der Waals surface area (Å²) in [5.74, 6) is 0.294. The second kappa shape index (κ2) is 11.7. The van der Waals surface area contributed by atoms with Crippen molar-refractivity contribution in [1.29, 1.82) is 0 Å². The molecule has 0 radical (unpaired) electrons. The summed E-state index contributed by atoms with van der Waals surface area (Å²) in [5, 5.41) is 29.4. The Morgan fingerprint density at radius 2 is 1.62 bits per heavy atom. The molecule has 1 heterocycles. The molecule has 194 valence electrons. The van der Waals surface area contributed by atoms with E-state index in [-0.39, 0.29) is 41.8 Å². The number of carbonyl (C=O) groups is 1. The number of hydrogen-bond donors (Lipinski definition) is 3. The molecule has 0 bridgehead atoms. The maximum Gasteiger partial charge on any atom is 0.330 e. The molecule has 0 saturated carbocycles. The van der Waals surface area contributed by atoms with Crippen LogP contribution in [0.3, 0.4) is 0 Å². The molecule has 1 fully saturated rings. The fraction of sp³-hybridized carbons (Fsp3) is 0.276. The molecule has 3 aromatic carbocycles. The molecule has 4 rings (SSSR count). The van der Waals surface area contributed by atoms with Gasteiger partial charge in [-0.05, 0) is 71.5 Å². The molecule has 8 nitrogen and oxygen atoms in total. The zero-order valence-corrected chi connectivity index (χ0v) is 20.7. The lowest BCUT2D eigenvalue weighted by atomic mass is 9.84. The molecule has 0 amide bonds. The van der Waals surface area contributed by atoms with Gasteiger partial charge in [0.1, 0.15) is 5.75 Å². The van der Waals surface area contributed by atoms with Crippen LogP contribution in [0.2, 0.25) is 0 Å². The number of hydrogen-bond acceptors (Lipinski definition) is 8. The molecule has 0 unspecified atom stereocenters. The number of phenols is 3. The van der Waals surface area contributed by atoms with Crippen molar-refractivity contribution in [2.75, 3.05) is 27.4 Å². The van der Waals surface area contributed by atoms with E-state index >= 15 is 0 Å². The Labute approximate surface area is 215 Å². The summed E-state index contributed by atoms with van der Waals surface area (Å²) in [6.45, 7) is 0.551. The van der Waals surface area contributed by atoms with Gasteiger partial charge in [-0.25, -0.2) is 4.79 Å². The Kier molecular flexibility index (Phi) is 8.20. The number of methoxy groups -OCH3 is 2. The van der Waals surface area contributed by atoms with Crippen LogP contribution in [0.5, 0.6) is 28.7 Å². The number of phenolic OH excluding ortho intramolecular Hbond substituents is 3. The highest BCUT2D eigenvalue weighted by molar-refractivity contribution is 5.87. The van der Waals surface area contributed by atoms with Gasteiger partial charge in [-0.3, -0.25) is 0 Å². The summed E-state index contributed by atoms with van der Waals surface area (Å²) in [6, 6.07) is 16.7. The molecular weight excluding hydrogens is 476 g/mol. The minimum Gasteiger partial charge on any atom is -0.508 e. The number of ether oxygens (including phenoxy) is 4. The second-order valence-corrected chi connectivity index (χ2v) is 8.87. The molecule has 1 aliphatic heterocycles. The van der Waals surface area contributed by atoms with Gasteiger partial charge in [0.25, 0.3) is 0 Å². The van der Waals surface area contributed by atoms with Crippen LogP contribution in [0.25, 0.3) is 6.08 Å². The van der Waals surface area contributed by atoms with Crippen LogP contribution in [0.4, 0.5) is 0 Å². The van der Waals surface area contributed by atoms with Gasteiger partial charge in [-0.2, -0.15) is 0 Å². The van der Waals surface area contributed by atoms with E-state index in [1.165, 1.54) is 20.3 Å². The van der Waals surface area contributed by atoms with Crippen LogP contribution in [0.1, 0.15) is 22.8 Å². The summed E-state index contributed by atoms with van der Waals surface area (Å²) < 4.78 is 22.3. The van der Waals surface area contributed by atoms with Crippen molar-refractivity contribution in [1.82, 2.24) is 0 Å². The molecule has 1 saturated heterocycles. The van der Waals surface area contributed by atoms with Crippen molar-refractivity contribution >= 4 is 12.0 Å². The van der Waals surface area contributed by atoms with Crippen LogP contribution < -0.4 is 9.47 Å². The highest BCUT2D eigenvalue weighted by Crippen LogP contribution is 2.43. The van der Waals surface area contributed by atoms with Gasteiger partial charge in [0.15, 0.2) is 23.0 Å². The number of aromatic hydroxyl groups is 3. The largest absolute Gasteiger partial charge is 0.508 e. The molecule has 37 heavy (non-hydrogen) atoms. The van der Waals surface area contributed by atoms with Crippen LogP contribution in [0, 0.1) is 11.8 Å². The Balaban J connectivity index is 1.52. The van der Waals surface area contributed by atoms with E-state index in [0.29, 0.717) is 24.5 Å². The SMILES string of the molecule is COc1cc(C[C@H]2CO[C@H](c3ccc(O)c(OC)c3)[C@@H]2COC(=O)/C=C/c2ccc(O)cc2)ccc1O. The van der Waals surface area contributed by atoms with Crippen molar-refractivity contribution in [2.24, 2.45) is 11.8 Å². The topological polar surface area (TPSA) is 115 Å². The Hall–Kier alpha value is -4.17. The first kappa shape index (κ1) is 25.9. The normalized spacial score (nSPS) is 19.1. The van der Waals surface area contributed by atoms with Crippen LogP contribution in [-0.4, -0.2) is 48.7 Å². The molecule has 0 spiro atoms. The number of esters is 1. The zero-order valence-electron chi connectivity index (χ0n) is 20.7. The zero-order chi connectivity index (χ0) is 26.4. The molecule has 3 aromatic rings. The Bertz CT molecular complexity index is 1250. The second-order valence-electron chi connectivity index (χ2n) is 8.87. The Morgan fingerprint density at radius 1 is 0.946 bits per heavy atom. The maximum atomic E-state index is 12.5. The van der Waals surface area contributed by atoms with Gasteiger partial charge in [-0.15, -0.1) is 0 Å². The van der Waals surface area contributed by atoms with Crippen LogP contribution in [0.15, 0.2) is 66.7 Å². The highest BCUT2D eigenvalue weighted by atomic mass is 16.5. The smallest absolute Gasteiger partial charge is 0.330 e. The number of carbonyl (C=O) groups excluding carboxylic acids is 1. The molecule has 3 N–H and O–H groups in total. The first-order valence-corrected chi connectivity index (χ1v) is 11.9. The molecule has 3 atom stereocenters. The van der Waals surface area contributed by atoms with Crippen LogP contribution >= 0.6 is 0 Å². The van der Waals surface area contributed by atoms with Crippen LogP contribution in [-0.2, 0) is 20.7 Å². The lowest BCUT2D eigenvalue weighted by molar-refractivity contribution is -0.139. The minimum absolute atomic E-state index is 0.00734. The lowest BCUT2D eigenvalue weighted by Gasteiger charge is -2.23. The van der Waals surface area contributed by atoms with E-state index in [4.69, 9.17) is 18.9 Å². The van der Waals surface area contributed by atoms with Gasteiger partial charge in [0, 0.05) is 12.0 Å². The Morgan fingerprint density at radius 3 is 2.32 bits per heavy atom. The quantitative estimate of drug-likeness (QED) is 0.284. The van der Waals surface area contributed by atoms with E-state index in [9.17, 15) is 20.1 Å². The predicted octanol–water partition coefficient (Wildman–Crippen LogP) is 4.62. The monoisotopic (exact) mass is 506 g/mol. The number of rotatable bonds is 9. The van der Waals surface area contributed by atoms with Crippen molar-refractivity contribution < 1.29 is 39.1 Å². The number of benzene rings is 3. The van der Waals surface area contributed by atoms with Crippen molar-refractivity contribution in [2.45, 2.75) is 12.5 Å². The van der Waals surface area contributed by atoms with Gasteiger partial charge < -0.3 is 34.3 Å². The van der Waals surface area contributed by atoms with E-state index < -0.39 is 5.97 Å². The lowest BCUT2D eigenvalue weighted by Crippen LogP contribution is -2.24. The summed E-state index contributed by atoms with van der Waals surface area (Å²) in [5.41, 5.74) is 2.52. The average molecular weight is 507 g/mol. The van der Waals surface area contributed by atoms with Gasteiger partial charge in [-0.1, -0.05) is 24.3 Å². The molecular formula is C29H30O8. The molecule has 8 heteroatoms. The summed E-state index contributed by atoms with van der Waals surface area (Å²) in [6.07, 6.45) is 3.21. The molecule has 0 aliphatic carbocycles. The predicted molar refractivity (Wildman–Crippen MR) is 137 cm³/mol. The van der Waals surface area contributed by atoms with E-state index in [2.05, 4.69) is 0 Å². The van der Waals surface area contributed by atoms with E-state index in [1.54, 1.807) is 60.7 Å². The fourth-order valence-electron chi connectivity index (χ4n) is 4.50. The van der Waals surface area contributed by atoms with Crippen molar-refractivity contribution in [3.8, 4) is 28.7 Å². The average Bonchev–Trinajstić information content (AvgIpc) is 3.30. The maximum absolute atomic E-state index is 12.5. The standard InChI is InChI=1S/C29H30O8/c1-34-26-14-19(5-10-24(26)31)13-21-16-37-29(20-7-11-25(32)27(15-20)35-2)23(21)17-36-28(33)12-6-18-3-8-22(30)9-4-18/h3-12,14-15,21,23,29-32H,13,16-17H2,1-2H3/b12-6+/t21-,23+,29+/m0/s1. The first-order valence-electron chi connectivity index (χ1n) is 11.9. The summed E-state index contributed by atoms with van der Waals surface area (Å²) >= 11 is 0. The van der Waals surface area contributed by atoms with Crippen molar-refractivity contribution in [3.05, 3.63) is 83.4 Å². The van der Waals surface area contributed by atoms with Crippen molar-refractivity contribution in [3.63, 3.8) is 0 Å². The minimum atomic E-state index is -0.493. The van der Waals surface area contributed by atoms with Gasteiger partial charge in [0.05, 0.1) is 33.5 Å². The molecule has 1 aliphatic rings. The third-order valence-electron chi connectivity index (χ3n) is 6.48. The summed E-state index contributed by atoms with van der Waals surface area (Å²) in [4.78, 5) is 12.5. The van der Waals surface area contributed by atoms with Gasteiger partial charge >= 0.3 is 5.97 Å². The highest BCUT2D eigenvalue weighted by Gasteiger charge is 2.39. The third-order valence-corrected chi connectivity index (χ3v) is 6.48. The fourth-order valence-corrected chi connectivity index (χ4v) is 4.50.